The number of hydrogen-bond donors (Lipinski definition) is 2. The van der Waals surface area contributed by atoms with Gasteiger partial charge in [-0.05, 0) is 55.0 Å². The van der Waals surface area contributed by atoms with Gasteiger partial charge < -0.3 is 14.7 Å². The Bertz CT molecular complexity index is 1190. The predicted molar refractivity (Wildman–Crippen MR) is 118 cm³/mol. The summed E-state index contributed by atoms with van der Waals surface area (Å²) in [5.74, 6) is -0.179. The van der Waals surface area contributed by atoms with Gasteiger partial charge in [-0.3, -0.25) is 4.79 Å². The van der Waals surface area contributed by atoms with Crippen LogP contribution in [-0.2, 0) is 10.1 Å². The molecule has 1 amide bonds. The molecule has 0 bridgehead atoms. The molecule has 0 aliphatic heterocycles. The van der Waals surface area contributed by atoms with Crippen LogP contribution in [0.5, 0.6) is 11.5 Å². The zero-order chi connectivity index (χ0) is 22.3. The zero-order valence-electron chi connectivity index (χ0n) is 16.7. The smallest absolute Gasteiger partial charge is 0.339 e. The molecular formula is C22H21N3O5S. The molecule has 31 heavy (non-hydrogen) atoms. The molecule has 160 valence electrons. The van der Waals surface area contributed by atoms with Crippen molar-refractivity contribution in [1.82, 2.24) is 5.43 Å². The molecule has 0 unspecified atom stereocenters. The lowest BCUT2D eigenvalue weighted by atomic mass is 10.2. The summed E-state index contributed by atoms with van der Waals surface area (Å²) in [4.78, 5) is 12.2. The minimum absolute atomic E-state index is 0.0333. The monoisotopic (exact) mass is 439 g/mol. The van der Waals surface area contributed by atoms with Crippen molar-refractivity contribution >= 4 is 27.9 Å². The lowest BCUT2D eigenvalue weighted by molar-refractivity contribution is 0.0956. The van der Waals surface area contributed by atoms with Crippen LogP contribution in [0.4, 0.5) is 5.69 Å². The van der Waals surface area contributed by atoms with Crippen molar-refractivity contribution in [2.45, 2.75) is 11.8 Å². The third-order valence-electron chi connectivity index (χ3n) is 4.08. The van der Waals surface area contributed by atoms with Gasteiger partial charge in [-0.25, -0.2) is 5.43 Å². The highest BCUT2D eigenvalue weighted by Gasteiger charge is 2.19. The van der Waals surface area contributed by atoms with Crippen molar-refractivity contribution in [3.05, 3.63) is 83.9 Å². The molecule has 9 heteroatoms. The number of para-hydroxylation sites is 1. The molecular weight excluding hydrogens is 418 g/mol. The molecule has 8 nitrogen and oxygen atoms in total. The number of hydrogen-bond acceptors (Lipinski definition) is 7. The van der Waals surface area contributed by atoms with Crippen LogP contribution in [0.25, 0.3) is 0 Å². The largest absolute Gasteiger partial charge is 0.490 e. The van der Waals surface area contributed by atoms with Gasteiger partial charge in [0.1, 0.15) is 4.90 Å². The van der Waals surface area contributed by atoms with Gasteiger partial charge in [-0.2, -0.15) is 13.5 Å². The number of carbonyl (C=O) groups excluding carboxylic acids is 1. The number of anilines is 1. The Balaban J connectivity index is 1.76. The fraction of sp³-hybridized carbons (Fsp3) is 0.0909. The third-order valence-corrected chi connectivity index (χ3v) is 5.33. The number of benzene rings is 3. The van der Waals surface area contributed by atoms with Gasteiger partial charge in [0.15, 0.2) is 11.5 Å². The maximum Gasteiger partial charge on any atom is 0.339 e. The van der Waals surface area contributed by atoms with Crippen LogP contribution in [0.2, 0.25) is 0 Å². The van der Waals surface area contributed by atoms with Gasteiger partial charge in [-0.15, -0.1) is 0 Å². The molecule has 3 N–H and O–H groups in total. The van der Waals surface area contributed by atoms with Crippen molar-refractivity contribution in [2.24, 2.45) is 5.10 Å². The second-order valence-corrected chi connectivity index (χ2v) is 7.82. The molecule has 0 fully saturated rings. The Hall–Kier alpha value is -3.85. The Kier molecular flexibility index (Phi) is 6.88. The molecule has 0 atom stereocenters. The molecule has 3 aromatic rings. The Morgan fingerprint density at radius 1 is 1.03 bits per heavy atom. The Morgan fingerprint density at radius 3 is 2.45 bits per heavy atom. The number of nitrogens with one attached hydrogen (secondary N) is 1. The van der Waals surface area contributed by atoms with E-state index in [9.17, 15) is 13.2 Å². The van der Waals surface area contributed by atoms with Crippen molar-refractivity contribution in [3.8, 4) is 11.5 Å². The molecule has 0 spiro atoms. The van der Waals surface area contributed by atoms with Crippen LogP contribution in [-0.4, -0.2) is 27.1 Å². The summed E-state index contributed by atoms with van der Waals surface area (Å²) in [6, 6.07) is 19.1. The van der Waals surface area contributed by atoms with Crippen LogP contribution in [0.1, 0.15) is 22.8 Å². The Morgan fingerprint density at radius 2 is 1.74 bits per heavy atom. The van der Waals surface area contributed by atoms with E-state index in [1.54, 1.807) is 61.5 Å². The lowest BCUT2D eigenvalue weighted by Gasteiger charge is -2.12. The predicted octanol–water partition coefficient (Wildman–Crippen LogP) is 3.20. The van der Waals surface area contributed by atoms with Crippen LogP contribution in [0.3, 0.4) is 0 Å². The van der Waals surface area contributed by atoms with E-state index in [0.717, 1.165) is 0 Å². The highest BCUT2D eigenvalue weighted by molar-refractivity contribution is 7.87. The summed E-state index contributed by atoms with van der Waals surface area (Å²) in [6.07, 6.45) is 1.40. The number of ether oxygens (including phenoxy) is 1. The van der Waals surface area contributed by atoms with E-state index >= 15 is 0 Å². The lowest BCUT2D eigenvalue weighted by Crippen LogP contribution is -2.19. The van der Waals surface area contributed by atoms with E-state index in [2.05, 4.69) is 10.5 Å². The highest BCUT2D eigenvalue weighted by Crippen LogP contribution is 2.30. The molecule has 0 heterocycles. The molecule has 3 rings (SSSR count). The van der Waals surface area contributed by atoms with E-state index < -0.39 is 16.0 Å². The van der Waals surface area contributed by atoms with Crippen molar-refractivity contribution < 1.29 is 22.1 Å². The van der Waals surface area contributed by atoms with Crippen molar-refractivity contribution in [2.75, 3.05) is 12.3 Å². The first-order valence-corrected chi connectivity index (χ1v) is 10.8. The molecule has 3 aromatic carbocycles. The SMILES string of the molecule is CCOc1cc(/C=N\NC(=O)c2ccccc2N)ccc1OS(=O)(=O)c1ccccc1. The third kappa shape index (κ3) is 5.61. The first-order chi connectivity index (χ1) is 14.9. The van der Waals surface area contributed by atoms with E-state index in [1.807, 2.05) is 0 Å². The minimum atomic E-state index is -4.01. The number of nitrogens with two attached hydrogens (primary N) is 1. The zero-order valence-corrected chi connectivity index (χ0v) is 17.5. The minimum Gasteiger partial charge on any atom is -0.490 e. The summed E-state index contributed by atoms with van der Waals surface area (Å²) >= 11 is 0. The van der Waals surface area contributed by atoms with E-state index in [1.165, 1.54) is 24.4 Å². The van der Waals surface area contributed by atoms with Crippen molar-refractivity contribution in [1.29, 1.82) is 0 Å². The Labute approximate surface area is 180 Å². The second-order valence-electron chi connectivity index (χ2n) is 6.28. The summed E-state index contributed by atoms with van der Waals surface area (Å²) in [6.45, 7) is 2.06. The summed E-state index contributed by atoms with van der Waals surface area (Å²) < 4.78 is 35.8. The van der Waals surface area contributed by atoms with Gasteiger partial charge in [0.25, 0.3) is 5.91 Å². The highest BCUT2D eigenvalue weighted by atomic mass is 32.2. The van der Waals surface area contributed by atoms with E-state index in [4.69, 9.17) is 14.7 Å². The molecule has 0 aliphatic rings. The number of nitrogen functional groups attached to an aromatic ring is 1. The standard InChI is InChI=1S/C22H21N3O5S/c1-2-29-21-14-16(15-24-25-22(26)18-10-6-7-11-19(18)23)12-13-20(21)30-31(27,28)17-8-4-3-5-9-17/h3-15H,2,23H2,1H3,(H,25,26)/b24-15-. The van der Waals surface area contributed by atoms with Crippen LogP contribution in [0.15, 0.2) is 82.8 Å². The molecule has 0 saturated carbocycles. The van der Waals surface area contributed by atoms with Crippen molar-refractivity contribution in [3.63, 3.8) is 0 Å². The second kappa shape index (κ2) is 9.77. The van der Waals surface area contributed by atoms with Gasteiger partial charge >= 0.3 is 10.1 Å². The van der Waals surface area contributed by atoms with Gasteiger partial charge in [0.05, 0.1) is 18.4 Å². The first-order valence-electron chi connectivity index (χ1n) is 9.35. The fourth-order valence-electron chi connectivity index (χ4n) is 2.63. The van der Waals surface area contributed by atoms with Crippen LogP contribution >= 0.6 is 0 Å². The van der Waals surface area contributed by atoms with Gasteiger partial charge in [-0.1, -0.05) is 30.3 Å². The molecule has 0 radical (unpaired) electrons. The number of amides is 1. The summed E-state index contributed by atoms with van der Waals surface area (Å²) in [5.41, 5.74) is 9.39. The number of nitrogens with zero attached hydrogens (tertiary/aromatic N) is 1. The summed E-state index contributed by atoms with van der Waals surface area (Å²) in [5, 5.41) is 3.92. The number of carbonyl (C=O) groups is 1. The summed E-state index contributed by atoms with van der Waals surface area (Å²) in [7, 11) is -4.01. The van der Waals surface area contributed by atoms with E-state index in [-0.39, 0.29) is 16.4 Å². The number of hydrazone groups is 1. The van der Waals surface area contributed by atoms with Gasteiger partial charge in [0.2, 0.25) is 0 Å². The molecule has 0 aliphatic carbocycles. The average molecular weight is 439 g/mol. The maximum absolute atomic E-state index is 12.5. The topological polar surface area (TPSA) is 120 Å². The quantitative estimate of drug-likeness (QED) is 0.241. The fourth-order valence-corrected chi connectivity index (χ4v) is 3.59. The van der Waals surface area contributed by atoms with Crippen LogP contribution in [0, 0.1) is 0 Å². The van der Waals surface area contributed by atoms with Crippen LogP contribution < -0.4 is 20.1 Å². The first kappa shape index (κ1) is 21.8. The average Bonchev–Trinajstić information content (AvgIpc) is 2.76. The number of rotatable bonds is 8. The maximum atomic E-state index is 12.5. The van der Waals surface area contributed by atoms with Gasteiger partial charge in [0, 0.05) is 5.69 Å². The normalized spacial score (nSPS) is 11.3. The molecule has 0 aromatic heterocycles. The molecule has 0 saturated heterocycles. The van der Waals surface area contributed by atoms with E-state index in [0.29, 0.717) is 23.4 Å².